The van der Waals surface area contributed by atoms with Gasteiger partial charge in [0.25, 0.3) is 5.91 Å². The summed E-state index contributed by atoms with van der Waals surface area (Å²) in [5.74, 6) is -0.564. The van der Waals surface area contributed by atoms with Crippen LogP contribution in [-0.2, 0) is 14.8 Å². The SMILES string of the molecule is COCCN(C)S(=O)(=O)c1ccccc1C(=O)N1CCC(Oc2cccc(OC(F)(F)F)c2)CC1. The summed E-state index contributed by atoms with van der Waals surface area (Å²) in [7, 11) is -1.01. The minimum absolute atomic E-state index is 0.0770. The second-order valence-corrected chi connectivity index (χ2v) is 9.96. The van der Waals surface area contributed by atoms with E-state index in [1.54, 1.807) is 17.0 Å². The van der Waals surface area contributed by atoms with Crippen LogP contribution in [0.5, 0.6) is 11.5 Å². The molecule has 0 N–H and O–H groups in total. The Bertz CT molecular complexity index is 1120. The van der Waals surface area contributed by atoms with Gasteiger partial charge < -0.3 is 19.1 Å². The van der Waals surface area contributed by atoms with Crippen LogP contribution < -0.4 is 9.47 Å². The number of carbonyl (C=O) groups excluding carboxylic acids is 1. The summed E-state index contributed by atoms with van der Waals surface area (Å²) in [6, 6.07) is 11.3. The summed E-state index contributed by atoms with van der Waals surface area (Å²) < 4.78 is 79.2. The normalized spacial score (nSPS) is 15.3. The second kappa shape index (κ2) is 11.3. The fraction of sp³-hybridized carbons (Fsp3) is 0.435. The van der Waals surface area contributed by atoms with Gasteiger partial charge in [-0.1, -0.05) is 18.2 Å². The van der Waals surface area contributed by atoms with Gasteiger partial charge in [-0.05, 0) is 24.3 Å². The number of nitrogens with zero attached hydrogens (tertiary/aromatic N) is 2. The predicted octanol–water partition coefficient (Wildman–Crippen LogP) is 3.54. The molecule has 2 aromatic rings. The predicted molar refractivity (Wildman–Crippen MR) is 121 cm³/mol. The molecule has 0 saturated carbocycles. The van der Waals surface area contributed by atoms with Crippen molar-refractivity contribution in [1.82, 2.24) is 9.21 Å². The van der Waals surface area contributed by atoms with Crippen molar-refractivity contribution in [2.24, 2.45) is 0 Å². The Hall–Kier alpha value is -2.83. The van der Waals surface area contributed by atoms with Gasteiger partial charge in [-0.25, -0.2) is 8.42 Å². The summed E-state index contributed by atoms with van der Waals surface area (Å²) in [5, 5.41) is 0. The molecule has 35 heavy (non-hydrogen) atoms. The molecule has 0 radical (unpaired) electrons. The van der Waals surface area contributed by atoms with E-state index in [2.05, 4.69) is 4.74 Å². The molecule has 12 heteroatoms. The third kappa shape index (κ3) is 7.09. The number of alkyl halides is 3. The van der Waals surface area contributed by atoms with Crippen molar-refractivity contribution in [1.29, 1.82) is 0 Å². The fourth-order valence-corrected chi connectivity index (χ4v) is 4.99. The molecular weight excluding hydrogens is 489 g/mol. The van der Waals surface area contributed by atoms with Crippen LogP contribution in [0, 0.1) is 0 Å². The van der Waals surface area contributed by atoms with Gasteiger partial charge in [-0.15, -0.1) is 13.2 Å². The summed E-state index contributed by atoms with van der Waals surface area (Å²) in [6.07, 6.45) is -4.26. The van der Waals surface area contributed by atoms with Crippen LogP contribution in [-0.4, -0.2) is 76.4 Å². The third-order valence-electron chi connectivity index (χ3n) is 5.49. The number of piperidine rings is 1. The zero-order valence-corrected chi connectivity index (χ0v) is 20.1. The molecular formula is C23H27F3N2O6S. The first kappa shape index (κ1) is 26.8. The molecule has 0 unspecified atom stereocenters. The van der Waals surface area contributed by atoms with E-state index in [4.69, 9.17) is 9.47 Å². The highest BCUT2D eigenvalue weighted by Gasteiger charge is 2.32. The summed E-state index contributed by atoms with van der Waals surface area (Å²) in [4.78, 5) is 14.7. The minimum atomic E-state index is -4.80. The first-order valence-corrected chi connectivity index (χ1v) is 12.3. The van der Waals surface area contributed by atoms with E-state index < -0.39 is 22.3 Å². The average Bonchev–Trinajstić information content (AvgIpc) is 2.81. The van der Waals surface area contributed by atoms with Crippen molar-refractivity contribution >= 4 is 15.9 Å². The van der Waals surface area contributed by atoms with Crippen LogP contribution in [0.15, 0.2) is 53.4 Å². The Morgan fingerprint density at radius 2 is 1.74 bits per heavy atom. The number of hydrogen-bond acceptors (Lipinski definition) is 6. The van der Waals surface area contributed by atoms with E-state index in [1.165, 1.54) is 44.5 Å². The number of rotatable bonds is 9. The highest BCUT2D eigenvalue weighted by molar-refractivity contribution is 7.89. The topological polar surface area (TPSA) is 85.4 Å². The maximum Gasteiger partial charge on any atom is 0.573 e. The van der Waals surface area contributed by atoms with E-state index in [0.29, 0.717) is 25.9 Å². The lowest BCUT2D eigenvalue weighted by molar-refractivity contribution is -0.274. The van der Waals surface area contributed by atoms with Crippen molar-refractivity contribution in [2.75, 3.05) is 40.4 Å². The zero-order chi connectivity index (χ0) is 25.6. The zero-order valence-electron chi connectivity index (χ0n) is 19.3. The van der Waals surface area contributed by atoms with E-state index >= 15 is 0 Å². The molecule has 8 nitrogen and oxygen atoms in total. The van der Waals surface area contributed by atoms with E-state index in [9.17, 15) is 26.4 Å². The standard InChI is InChI=1S/C23H27F3N2O6S/c1-27(14-15-32-2)35(30,31)21-9-4-3-8-20(21)22(29)28-12-10-17(11-13-28)33-18-6-5-7-19(16-18)34-23(24,25)26/h3-9,16-17H,10-15H2,1-2H3. The number of likely N-dealkylation sites (N-methyl/N-ethyl adjacent to an activating group) is 1. The fourth-order valence-electron chi connectivity index (χ4n) is 3.66. The number of likely N-dealkylation sites (tertiary alicyclic amines) is 1. The molecule has 1 fully saturated rings. The highest BCUT2D eigenvalue weighted by atomic mass is 32.2. The van der Waals surface area contributed by atoms with E-state index in [0.717, 1.165) is 10.4 Å². The molecule has 192 valence electrons. The van der Waals surface area contributed by atoms with Gasteiger partial charge in [0.15, 0.2) is 0 Å². The van der Waals surface area contributed by atoms with Crippen LogP contribution in [0.25, 0.3) is 0 Å². The van der Waals surface area contributed by atoms with Crippen molar-refractivity contribution in [3.8, 4) is 11.5 Å². The second-order valence-electron chi connectivity index (χ2n) is 7.95. The van der Waals surface area contributed by atoms with Crippen molar-refractivity contribution < 1.29 is 40.6 Å². The maximum absolute atomic E-state index is 13.2. The summed E-state index contributed by atoms with van der Waals surface area (Å²) >= 11 is 0. The van der Waals surface area contributed by atoms with E-state index in [1.807, 2.05) is 0 Å². The molecule has 1 aliphatic rings. The quantitative estimate of drug-likeness (QED) is 0.507. The highest BCUT2D eigenvalue weighted by Crippen LogP contribution is 2.28. The molecule has 0 spiro atoms. The van der Waals surface area contributed by atoms with Gasteiger partial charge in [-0.2, -0.15) is 4.31 Å². The number of halogens is 3. The Morgan fingerprint density at radius 3 is 2.40 bits per heavy atom. The Morgan fingerprint density at radius 1 is 1.09 bits per heavy atom. The molecule has 0 bridgehead atoms. The monoisotopic (exact) mass is 516 g/mol. The largest absolute Gasteiger partial charge is 0.573 e. The smallest absolute Gasteiger partial charge is 0.490 e. The van der Waals surface area contributed by atoms with E-state index in [-0.39, 0.29) is 41.2 Å². The third-order valence-corrected chi connectivity index (χ3v) is 7.40. The number of amides is 1. The lowest BCUT2D eigenvalue weighted by Gasteiger charge is -2.32. The molecule has 0 aromatic heterocycles. The number of sulfonamides is 1. The molecule has 0 atom stereocenters. The Kier molecular flexibility index (Phi) is 8.62. The molecule has 1 amide bonds. The van der Waals surface area contributed by atoms with Crippen molar-refractivity contribution in [3.05, 3.63) is 54.1 Å². The molecule has 3 rings (SSSR count). The van der Waals surface area contributed by atoms with Gasteiger partial charge in [0, 0.05) is 52.7 Å². The number of hydrogen-bond donors (Lipinski definition) is 0. The molecule has 2 aromatic carbocycles. The number of carbonyl (C=O) groups is 1. The van der Waals surface area contributed by atoms with Crippen LogP contribution in [0.2, 0.25) is 0 Å². The van der Waals surface area contributed by atoms with Gasteiger partial charge in [0.2, 0.25) is 10.0 Å². The van der Waals surface area contributed by atoms with Crippen molar-refractivity contribution in [2.45, 2.75) is 30.2 Å². The maximum atomic E-state index is 13.2. The van der Waals surface area contributed by atoms with Gasteiger partial charge in [0.05, 0.1) is 17.1 Å². The van der Waals surface area contributed by atoms with Crippen LogP contribution in [0.3, 0.4) is 0 Å². The molecule has 1 heterocycles. The van der Waals surface area contributed by atoms with Crippen LogP contribution in [0.1, 0.15) is 23.2 Å². The summed E-state index contributed by atoms with van der Waals surface area (Å²) in [5.41, 5.74) is 0.0770. The number of benzene rings is 2. The van der Waals surface area contributed by atoms with Gasteiger partial charge in [0.1, 0.15) is 17.6 Å². The minimum Gasteiger partial charge on any atom is -0.490 e. The Labute approximate surface area is 202 Å². The van der Waals surface area contributed by atoms with Crippen molar-refractivity contribution in [3.63, 3.8) is 0 Å². The van der Waals surface area contributed by atoms with Crippen LogP contribution in [0.4, 0.5) is 13.2 Å². The molecule has 1 saturated heterocycles. The lowest BCUT2D eigenvalue weighted by Crippen LogP contribution is -2.42. The number of methoxy groups -OCH3 is 1. The first-order valence-electron chi connectivity index (χ1n) is 10.9. The van der Waals surface area contributed by atoms with Crippen LogP contribution >= 0.6 is 0 Å². The van der Waals surface area contributed by atoms with Gasteiger partial charge in [-0.3, -0.25) is 4.79 Å². The summed E-state index contributed by atoms with van der Waals surface area (Å²) in [6.45, 7) is 0.955. The van der Waals surface area contributed by atoms with Gasteiger partial charge >= 0.3 is 6.36 Å². The number of ether oxygens (including phenoxy) is 3. The molecule has 0 aliphatic carbocycles. The first-order chi connectivity index (χ1) is 16.5. The molecule has 1 aliphatic heterocycles. The average molecular weight is 517 g/mol. The Balaban J connectivity index is 1.65. The lowest BCUT2D eigenvalue weighted by atomic mass is 10.1.